The van der Waals surface area contributed by atoms with Crippen LogP contribution in [0.15, 0.2) is 33.7 Å². The van der Waals surface area contributed by atoms with E-state index in [9.17, 15) is 0 Å². The second kappa shape index (κ2) is 8.74. The van der Waals surface area contributed by atoms with Gasteiger partial charge in [-0.3, -0.25) is 0 Å². The van der Waals surface area contributed by atoms with Gasteiger partial charge in [0.25, 0.3) is 0 Å². The summed E-state index contributed by atoms with van der Waals surface area (Å²) in [5.41, 5.74) is 2.01. The standard InChI is InChI=1S/C20H28N4O2/c1-4-21-20(23-12-19-24-14(2)15(3)26-19)22-11-17-7-5-6-8-18(17)25-13-16-9-10-16/h5-8,16H,4,9-13H2,1-3H3,(H2,21,22,23). The molecular formula is C20H28N4O2. The van der Waals surface area contributed by atoms with Gasteiger partial charge in [-0.25, -0.2) is 9.98 Å². The lowest BCUT2D eigenvalue weighted by Gasteiger charge is -2.12. The normalized spacial score (nSPS) is 14.3. The van der Waals surface area contributed by atoms with E-state index in [1.54, 1.807) is 0 Å². The van der Waals surface area contributed by atoms with E-state index in [0.29, 0.717) is 19.0 Å². The number of hydrogen-bond acceptors (Lipinski definition) is 4. The van der Waals surface area contributed by atoms with Crippen LogP contribution in [0.3, 0.4) is 0 Å². The lowest BCUT2D eigenvalue weighted by molar-refractivity contribution is 0.297. The van der Waals surface area contributed by atoms with Crippen molar-refractivity contribution in [3.8, 4) is 5.75 Å². The van der Waals surface area contributed by atoms with Gasteiger partial charge < -0.3 is 19.8 Å². The highest BCUT2D eigenvalue weighted by molar-refractivity contribution is 5.79. The zero-order valence-corrected chi connectivity index (χ0v) is 15.8. The number of nitrogens with zero attached hydrogens (tertiary/aromatic N) is 2. The summed E-state index contributed by atoms with van der Waals surface area (Å²) in [5, 5.41) is 6.52. The Hall–Kier alpha value is -2.50. The summed E-state index contributed by atoms with van der Waals surface area (Å²) in [6.07, 6.45) is 2.57. The average molecular weight is 356 g/mol. The van der Waals surface area contributed by atoms with Crippen molar-refractivity contribution in [1.82, 2.24) is 15.6 Å². The number of ether oxygens (including phenoxy) is 1. The van der Waals surface area contributed by atoms with Crippen molar-refractivity contribution < 1.29 is 9.15 Å². The van der Waals surface area contributed by atoms with Crippen LogP contribution in [0.25, 0.3) is 0 Å². The Kier molecular flexibility index (Phi) is 6.15. The highest BCUT2D eigenvalue weighted by atomic mass is 16.5. The summed E-state index contributed by atoms with van der Waals surface area (Å²) < 4.78 is 11.6. The zero-order valence-electron chi connectivity index (χ0n) is 15.8. The minimum Gasteiger partial charge on any atom is -0.493 e. The minimum atomic E-state index is 0.500. The van der Waals surface area contributed by atoms with Gasteiger partial charge in [0, 0.05) is 12.1 Å². The molecular weight excluding hydrogens is 328 g/mol. The third-order valence-electron chi connectivity index (χ3n) is 4.38. The summed E-state index contributed by atoms with van der Waals surface area (Å²) >= 11 is 0. The van der Waals surface area contributed by atoms with Gasteiger partial charge in [0.2, 0.25) is 5.89 Å². The first-order chi connectivity index (χ1) is 12.7. The van der Waals surface area contributed by atoms with E-state index in [4.69, 9.17) is 9.15 Å². The lowest BCUT2D eigenvalue weighted by atomic mass is 10.2. The Morgan fingerprint density at radius 3 is 2.77 bits per heavy atom. The van der Waals surface area contributed by atoms with Crippen LogP contribution in [0.5, 0.6) is 5.75 Å². The van der Waals surface area contributed by atoms with Gasteiger partial charge in [-0.15, -0.1) is 0 Å². The lowest BCUT2D eigenvalue weighted by Crippen LogP contribution is -2.36. The summed E-state index contributed by atoms with van der Waals surface area (Å²) in [5.74, 6) is 3.92. The van der Waals surface area contributed by atoms with Gasteiger partial charge in [0.15, 0.2) is 5.96 Å². The topological polar surface area (TPSA) is 71.7 Å². The maximum Gasteiger partial charge on any atom is 0.214 e. The quantitative estimate of drug-likeness (QED) is 0.561. The van der Waals surface area contributed by atoms with E-state index >= 15 is 0 Å². The predicted octanol–water partition coefficient (Wildman–Crippen LogP) is 3.34. The van der Waals surface area contributed by atoms with Crippen LogP contribution >= 0.6 is 0 Å². The summed E-state index contributed by atoms with van der Waals surface area (Å²) in [6.45, 7) is 8.56. The van der Waals surface area contributed by atoms with E-state index < -0.39 is 0 Å². The highest BCUT2D eigenvalue weighted by Gasteiger charge is 2.22. The first kappa shape index (κ1) is 18.3. The molecule has 0 bridgehead atoms. The molecule has 0 saturated heterocycles. The van der Waals surface area contributed by atoms with Crippen LogP contribution in [-0.4, -0.2) is 24.1 Å². The number of hydrogen-bond donors (Lipinski definition) is 2. The van der Waals surface area contributed by atoms with Crippen molar-refractivity contribution in [2.75, 3.05) is 13.2 Å². The van der Waals surface area contributed by atoms with Crippen LogP contribution in [0, 0.1) is 19.8 Å². The van der Waals surface area contributed by atoms with Crippen LogP contribution in [-0.2, 0) is 13.1 Å². The second-order valence-corrected chi connectivity index (χ2v) is 6.66. The van der Waals surface area contributed by atoms with Crippen molar-refractivity contribution in [3.05, 3.63) is 47.2 Å². The number of benzene rings is 1. The molecule has 6 nitrogen and oxygen atoms in total. The molecule has 1 saturated carbocycles. The van der Waals surface area contributed by atoms with Gasteiger partial charge in [-0.2, -0.15) is 0 Å². The van der Waals surface area contributed by atoms with E-state index in [-0.39, 0.29) is 0 Å². The van der Waals surface area contributed by atoms with Crippen molar-refractivity contribution in [2.24, 2.45) is 10.9 Å². The van der Waals surface area contributed by atoms with Gasteiger partial charge in [0.1, 0.15) is 11.5 Å². The Morgan fingerprint density at radius 2 is 2.08 bits per heavy atom. The van der Waals surface area contributed by atoms with Crippen molar-refractivity contribution >= 4 is 5.96 Å². The van der Waals surface area contributed by atoms with Crippen molar-refractivity contribution in [1.29, 1.82) is 0 Å². The number of rotatable bonds is 8. The molecule has 1 aromatic heterocycles. The van der Waals surface area contributed by atoms with Crippen LogP contribution < -0.4 is 15.4 Å². The van der Waals surface area contributed by atoms with Crippen molar-refractivity contribution in [3.63, 3.8) is 0 Å². The third kappa shape index (κ3) is 5.25. The molecule has 0 amide bonds. The summed E-state index contributed by atoms with van der Waals surface area (Å²) in [4.78, 5) is 9.07. The van der Waals surface area contributed by atoms with E-state index in [1.807, 2.05) is 39.0 Å². The molecule has 1 aromatic carbocycles. The largest absolute Gasteiger partial charge is 0.493 e. The first-order valence-electron chi connectivity index (χ1n) is 9.31. The number of aryl methyl sites for hydroxylation is 2. The Morgan fingerprint density at radius 1 is 1.27 bits per heavy atom. The van der Waals surface area contributed by atoms with Gasteiger partial charge in [-0.1, -0.05) is 18.2 Å². The Balaban J connectivity index is 1.61. The molecule has 0 atom stereocenters. The molecule has 0 spiro atoms. The predicted molar refractivity (Wildman–Crippen MR) is 102 cm³/mol. The molecule has 26 heavy (non-hydrogen) atoms. The fourth-order valence-corrected chi connectivity index (χ4v) is 2.55. The molecule has 0 radical (unpaired) electrons. The van der Waals surface area contributed by atoms with Crippen LogP contribution in [0.1, 0.15) is 42.7 Å². The molecule has 140 valence electrons. The third-order valence-corrected chi connectivity index (χ3v) is 4.38. The molecule has 0 aliphatic heterocycles. The second-order valence-electron chi connectivity index (χ2n) is 6.66. The van der Waals surface area contributed by atoms with E-state index in [2.05, 4.69) is 26.7 Å². The molecule has 1 heterocycles. The average Bonchev–Trinajstić information content (AvgIpc) is 3.41. The molecule has 2 N–H and O–H groups in total. The first-order valence-corrected chi connectivity index (χ1v) is 9.31. The Labute approximate surface area is 155 Å². The van der Waals surface area contributed by atoms with Crippen LogP contribution in [0.2, 0.25) is 0 Å². The van der Waals surface area contributed by atoms with Crippen molar-refractivity contribution in [2.45, 2.75) is 46.7 Å². The molecule has 3 rings (SSSR count). The van der Waals surface area contributed by atoms with E-state index in [0.717, 1.165) is 47.8 Å². The summed E-state index contributed by atoms with van der Waals surface area (Å²) in [6, 6.07) is 8.11. The maximum atomic E-state index is 5.96. The number of aliphatic imine (C=N–C) groups is 1. The fraction of sp³-hybridized carbons (Fsp3) is 0.500. The minimum absolute atomic E-state index is 0.500. The highest BCUT2D eigenvalue weighted by Crippen LogP contribution is 2.30. The molecule has 1 fully saturated rings. The molecule has 1 aliphatic carbocycles. The van der Waals surface area contributed by atoms with Gasteiger partial charge in [-0.05, 0) is 45.6 Å². The number of nitrogens with one attached hydrogen (secondary N) is 2. The molecule has 0 unspecified atom stereocenters. The molecule has 1 aliphatic rings. The number of guanidine groups is 1. The SMILES string of the molecule is CCNC(=NCc1ccccc1OCC1CC1)NCc1nc(C)c(C)o1. The van der Waals surface area contributed by atoms with Gasteiger partial charge >= 0.3 is 0 Å². The van der Waals surface area contributed by atoms with Gasteiger partial charge in [0.05, 0.1) is 25.4 Å². The molecule has 6 heteroatoms. The number of para-hydroxylation sites is 1. The number of oxazole rings is 1. The smallest absolute Gasteiger partial charge is 0.214 e. The zero-order chi connectivity index (χ0) is 18.4. The maximum absolute atomic E-state index is 5.96. The summed E-state index contributed by atoms with van der Waals surface area (Å²) in [7, 11) is 0. The molecule has 2 aromatic rings. The Bertz CT molecular complexity index is 731. The fourth-order valence-electron chi connectivity index (χ4n) is 2.55. The monoisotopic (exact) mass is 356 g/mol. The van der Waals surface area contributed by atoms with E-state index in [1.165, 1.54) is 12.8 Å². The number of aromatic nitrogens is 1. The van der Waals surface area contributed by atoms with Crippen LogP contribution in [0.4, 0.5) is 0 Å².